The third-order valence-electron chi connectivity index (χ3n) is 5.34. The molecule has 0 aromatic heterocycles. The number of carbonyl (C=O) groups excluding carboxylic acids is 2. The third kappa shape index (κ3) is 5.50. The van der Waals surface area contributed by atoms with Crippen molar-refractivity contribution in [1.29, 1.82) is 0 Å². The Balaban J connectivity index is 1.55. The van der Waals surface area contributed by atoms with Crippen LogP contribution in [0.5, 0.6) is 11.5 Å². The van der Waals surface area contributed by atoms with Gasteiger partial charge in [0, 0.05) is 26.2 Å². The van der Waals surface area contributed by atoms with Gasteiger partial charge in [-0.15, -0.1) is 0 Å². The average molecular weight is 402 g/mol. The topological polar surface area (TPSA) is 68.3 Å². The van der Waals surface area contributed by atoms with Crippen molar-refractivity contribution in [3.63, 3.8) is 0 Å². The second-order valence-electron chi connectivity index (χ2n) is 7.32. The molecule has 29 heavy (non-hydrogen) atoms. The molecule has 1 aromatic carbocycles. The number of benzene rings is 1. The minimum absolute atomic E-state index is 0.0716. The van der Waals surface area contributed by atoms with Crippen molar-refractivity contribution in [2.45, 2.75) is 19.8 Å². The first-order valence-electron chi connectivity index (χ1n) is 10.2. The van der Waals surface area contributed by atoms with Gasteiger partial charge < -0.3 is 24.0 Å². The summed E-state index contributed by atoms with van der Waals surface area (Å²) in [5.74, 6) is 1.01. The highest BCUT2D eigenvalue weighted by Crippen LogP contribution is 2.29. The molecule has 2 aliphatic rings. The lowest BCUT2D eigenvalue weighted by atomic mass is 9.96. The maximum Gasteiger partial charge on any atom is 0.260 e. The van der Waals surface area contributed by atoms with Crippen molar-refractivity contribution in [3.05, 3.63) is 29.8 Å². The monoisotopic (exact) mass is 402 g/mol. The van der Waals surface area contributed by atoms with Crippen LogP contribution < -0.4 is 9.47 Å². The standard InChI is InChI=1S/C22H30N2O5/c1-3-5-17-7-8-19(20(14-17)27-2)29-16-21(25)24-9-4-6-18(15-24)22(26)23-10-12-28-13-11-23/h3,5,7-8,14,18H,4,6,9-13,15-16H2,1-2H3/b5-3+. The normalized spacial score (nSPS) is 20.0. The minimum Gasteiger partial charge on any atom is -0.493 e. The number of piperidine rings is 1. The number of hydrogen-bond acceptors (Lipinski definition) is 5. The highest BCUT2D eigenvalue weighted by molar-refractivity contribution is 5.82. The molecule has 158 valence electrons. The van der Waals surface area contributed by atoms with E-state index in [0.717, 1.165) is 18.4 Å². The zero-order valence-electron chi connectivity index (χ0n) is 17.3. The second-order valence-corrected chi connectivity index (χ2v) is 7.32. The molecule has 0 saturated carbocycles. The molecule has 1 unspecified atom stereocenters. The SMILES string of the molecule is C/C=C/c1ccc(OCC(=O)N2CCCC(C(=O)N3CCOCC3)C2)c(OC)c1. The van der Waals surface area contributed by atoms with Gasteiger partial charge >= 0.3 is 0 Å². The molecule has 3 rings (SSSR count). The molecule has 1 aromatic rings. The molecule has 0 bridgehead atoms. The van der Waals surface area contributed by atoms with Crippen molar-refractivity contribution in [2.24, 2.45) is 5.92 Å². The largest absolute Gasteiger partial charge is 0.493 e. The third-order valence-corrected chi connectivity index (χ3v) is 5.34. The first kappa shape index (κ1) is 21.2. The summed E-state index contributed by atoms with van der Waals surface area (Å²) < 4.78 is 16.4. The van der Waals surface area contributed by atoms with Crippen LogP contribution in [0.2, 0.25) is 0 Å². The predicted molar refractivity (Wildman–Crippen MR) is 110 cm³/mol. The van der Waals surface area contributed by atoms with Crippen LogP contribution in [0.1, 0.15) is 25.3 Å². The summed E-state index contributed by atoms with van der Waals surface area (Å²) >= 11 is 0. The molecule has 0 radical (unpaired) electrons. The Morgan fingerprint density at radius 3 is 2.69 bits per heavy atom. The minimum atomic E-state index is -0.138. The number of amides is 2. The van der Waals surface area contributed by atoms with E-state index < -0.39 is 0 Å². The number of nitrogens with zero attached hydrogens (tertiary/aromatic N) is 2. The molecule has 2 aliphatic heterocycles. The lowest BCUT2D eigenvalue weighted by Gasteiger charge is -2.36. The Morgan fingerprint density at radius 2 is 1.97 bits per heavy atom. The molecule has 0 spiro atoms. The Hall–Kier alpha value is -2.54. The van der Waals surface area contributed by atoms with Gasteiger partial charge in [0.15, 0.2) is 18.1 Å². The summed E-state index contributed by atoms with van der Waals surface area (Å²) in [6.07, 6.45) is 5.57. The Labute approximate surface area is 172 Å². The van der Waals surface area contributed by atoms with Crippen molar-refractivity contribution in [1.82, 2.24) is 9.80 Å². The van der Waals surface area contributed by atoms with E-state index >= 15 is 0 Å². The van der Waals surface area contributed by atoms with Gasteiger partial charge in [0.1, 0.15) is 0 Å². The van der Waals surface area contributed by atoms with Gasteiger partial charge in [0.25, 0.3) is 5.91 Å². The summed E-state index contributed by atoms with van der Waals surface area (Å²) in [5, 5.41) is 0. The van der Waals surface area contributed by atoms with Crippen LogP contribution in [0.4, 0.5) is 0 Å². The van der Waals surface area contributed by atoms with Gasteiger partial charge in [-0.05, 0) is 37.5 Å². The summed E-state index contributed by atoms with van der Waals surface area (Å²) in [6, 6.07) is 5.60. The highest BCUT2D eigenvalue weighted by atomic mass is 16.5. The Kier molecular flexibility index (Phi) is 7.52. The number of morpholine rings is 1. The van der Waals surface area contributed by atoms with Gasteiger partial charge in [-0.3, -0.25) is 9.59 Å². The van der Waals surface area contributed by atoms with Crippen LogP contribution in [0.3, 0.4) is 0 Å². The van der Waals surface area contributed by atoms with Crippen LogP contribution in [0.25, 0.3) is 6.08 Å². The van der Waals surface area contributed by atoms with E-state index in [4.69, 9.17) is 14.2 Å². The van der Waals surface area contributed by atoms with E-state index in [0.29, 0.717) is 50.9 Å². The molecule has 2 fully saturated rings. The van der Waals surface area contributed by atoms with Crippen molar-refractivity contribution >= 4 is 17.9 Å². The van der Waals surface area contributed by atoms with Crippen LogP contribution in [0.15, 0.2) is 24.3 Å². The molecule has 0 N–H and O–H groups in total. The summed E-state index contributed by atoms with van der Waals surface area (Å²) in [6.45, 7) is 5.43. The zero-order chi connectivity index (χ0) is 20.6. The maximum absolute atomic E-state index is 12.7. The summed E-state index contributed by atoms with van der Waals surface area (Å²) in [5.41, 5.74) is 1.00. The Morgan fingerprint density at radius 1 is 1.17 bits per heavy atom. The van der Waals surface area contributed by atoms with Gasteiger partial charge in [-0.25, -0.2) is 0 Å². The molecule has 2 saturated heterocycles. The van der Waals surface area contributed by atoms with Gasteiger partial charge in [0.2, 0.25) is 5.91 Å². The van der Waals surface area contributed by atoms with E-state index in [2.05, 4.69) is 0 Å². The number of carbonyl (C=O) groups is 2. The maximum atomic E-state index is 12.7. The van der Waals surface area contributed by atoms with E-state index in [9.17, 15) is 9.59 Å². The summed E-state index contributed by atoms with van der Waals surface area (Å²) in [4.78, 5) is 29.0. The van der Waals surface area contributed by atoms with Crippen molar-refractivity contribution < 1.29 is 23.8 Å². The number of methoxy groups -OCH3 is 1. The van der Waals surface area contributed by atoms with Gasteiger partial charge in [-0.1, -0.05) is 18.2 Å². The molecule has 0 aliphatic carbocycles. The number of likely N-dealkylation sites (tertiary alicyclic amines) is 1. The first-order valence-corrected chi connectivity index (χ1v) is 10.2. The zero-order valence-corrected chi connectivity index (χ0v) is 17.3. The average Bonchev–Trinajstić information content (AvgIpc) is 2.78. The van der Waals surface area contributed by atoms with Crippen molar-refractivity contribution in [2.75, 3.05) is 53.1 Å². The first-order chi connectivity index (χ1) is 14.1. The van der Waals surface area contributed by atoms with E-state index in [1.807, 2.05) is 42.2 Å². The fraction of sp³-hybridized carbons (Fsp3) is 0.545. The molecule has 7 heteroatoms. The van der Waals surface area contributed by atoms with Gasteiger partial charge in [-0.2, -0.15) is 0 Å². The van der Waals surface area contributed by atoms with E-state index in [1.54, 1.807) is 12.0 Å². The lowest BCUT2D eigenvalue weighted by Crippen LogP contribution is -2.50. The smallest absolute Gasteiger partial charge is 0.260 e. The summed E-state index contributed by atoms with van der Waals surface area (Å²) in [7, 11) is 1.58. The molecule has 2 heterocycles. The molecule has 1 atom stereocenters. The fourth-order valence-corrected chi connectivity index (χ4v) is 3.78. The predicted octanol–water partition coefficient (Wildman–Crippen LogP) is 2.20. The number of hydrogen-bond donors (Lipinski definition) is 0. The molecule has 7 nitrogen and oxygen atoms in total. The Bertz CT molecular complexity index is 743. The quantitative estimate of drug-likeness (QED) is 0.730. The lowest BCUT2D eigenvalue weighted by molar-refractivity contribution is -0.144. The highest BCUT2D eigenvalue weighted by Gasteiger charge is 2.32. The molecular formula is C22H30N2O5. The second kappa shape index (κ2) is 10.3. The van der Waals surface area contributed by atoms with Crippen LogP contribution in [-0.2, 0) is 14.3 Å². The fourth-order valence-electron chi connectivity index (χ4n) is 3.78. The van der Waals surface area contributed by atoms with Crippen LogP contribution >= 0.6 is 0 Å². The number of ether oxygens (including phenoxy) is 3. The van der Waals surface area contributed by atoms with Crippen LogP contribution in [0, 0.1) is 5.92 Å². The van der Waals surface area contributed by atoms with Crippen LogP contribution in [-0.4, -0.2) is 74.7 Å². The van der Waals surface area contributed by atoms with E-state index in [1.165, 1.54) is 0 Å². The number of rotatable bonds is 6. The molecule has 2 amide bonds. The molecular weight excluding hydrogens is 372 g/mol. The number of allylic oxidation sites excluding steroid dienone is 1. The van der Waals surface area contributed by atoms with Crippen molar-refractivity contribution in [3.8, 4) is 11.5 Å². The van der Waals surface area contributed by atoms with Gasteiger partial charge in [0.05, 0.1) is 26.2 Å². The van der Waals surface area contributed by atoms with E-state index in [-0.39, 0.29) is 24.3 Å².